The summed E-state index contributed by atoms with van der Waals surface area (Å²) < 4.78 is 2.57. The summed E-state index contributed by atoms with van der Waals surface area (Å²) in [6.45, 7) is 1.69. The number of benzene rings is 1. The minimum absolute atomic E-state index is 0.114. The Balaban J connectivity index is 2.44. The summed E-state index contributed by atoms with van der Waals surface area (Å²) in [4.78, 5) is 10.7. The second-order valence-electron chi connectivity index (χ2n) is 4.01. The number of aliphatic carboxylic acids is 1. The average Bonchev–Trinajstić information content (AvgIpc) is 2.82. The van der Waals surface area contributed by atoms with Crippen LogP contribution in [0.4, 0.5) is 0 Å². The molecule has 1 aromatic carbocycles. The van der Waals surface area contributed by atoms with Crippen LogP contribution in [0.5, 0.6) is 0 Å². The summed E-state index contributed by atoms with van der Waals surface area (Å²) in [7, 11) is 0. The zero-order valence-corrected chi connectivity index (χ0v) is 13.0. The van der Waals surface area contributed by atoms with Gasteiger partial charge in [-0.2, -0.15) is 0 Å². The number of aryl methyl sites for hydroxylation is 1. The maximum atomic E-state index is 10.7. The van der Waals surface area contributed by atoms with Crippen LogP contribution in [0.3, 0.4) is 0 Å². The third-order valence-electron chi connectivity index (χ3n) is 2.58. The highest BCUT2D eigenvalue weighted by atomic mass is 79.9. The van der Waals surface area contributed by atoms with Gasteiger partial charge in [-0.05, 0) is 24.6 Å². The highest BCUT2D eigenvalue weighted by Crippen LogP contribution is 2.25. The van der Waals surface area contributed by atoms with Crippen LogP contribution < -0.4 is 0 Å². The third-order valence-corrected chi connectivity index (χ3v) is 4.35. The Morgan fingerprint density at radius 1 is 1.45 bits per heavy atom. The van der Waals surface area contributed by atoms with Crippen molar-refractivity contribution in [1.82, 2.24) is 14.8 Å². The quantitative estimate of drug-likeness (QED) is 0.795. The number of carboxylic acid groups (broad SMARTS) is 1. The summed E-state index contributed by atoms with van der Waals surface area (Å²) in [5.74, 6) is -0.676. The molecular weight excluding hydrogens is 346 g/mol. The van der Waals surface area contributed by atoms with Crippen LogP contribution in [0, 0.1) is 6.92 Å². The molecule has 106 valence electrons. The largest absolute Gasteiger partial charge is 0.481 e. The number of thioether (sulfide) groups is 1. The molecule has 0 fully saturated rings. The molecule has 1 heterocycles. The van der Waals surface area contributed by atoms with Gasteiger partial charge in [-0.25, -0.2) is 0 Å². The molecule has 0 amide bonds. The molecule has 2 aromatic rings. The number of aliphatic hydroxyl groups is 1. The molecule has 20 heavy (non-hydrogen) atoms. The zero-order chi connectivity index (χ0) is 14.7. The predicted molar refractivity (Wildman–Crippen MR) is 78.1 cm³/mol. The van der Waals surface area contributed by atoms with Crippen LogP contribution >= 0.6 is 27.7 Å². The van der Waals surface area contributed by atoms with Crippen molar-refractivity contribution in [3.63, 3.8) is 0 Å². The number of rotatable bonds is 5. The van der Waals surface area contributed by atoms with Crippen LogP contribution in [0.25, 0.3) is 5.69 Å². The van der Waals surface area contributed by atoms with Crippen molar-refractivity contribution in [2.24, 2.45) is 0 Å². The molecule has 0 spiro atoms. The molecule has 0 atom stereocenters. The number of aliphatic hydroxyl groups excluding tert-OH is 1. The molecule has 0 unspecified atom stereocenters. The maximum absolute atomic E-state index is 10.7. The lowest BCUT2D eigenvalue weighted by Crippen LogP contribution is -2.05. The summed E-state index contributed by atoms with van der Waals surface area (Å²) in [6.07, 6.45) is 0. The number of nitrogens with zero attached hydrogens (tertiary/aromatic N) is 3. The fourth-order valence-electron chi connectivity index (χ4n) is 1.60. The van der Waals surface area contributed by atoms with Gasteiger partial charge < -0.3 is 10.2 Å². The number of carboxylic acids is 1. The van der Waals surface area contributed by atoms with Crippen LogP contribution in [-0.4, -0.2) is 36.7 Å². The van der Waals surface area contributed by atoms with Crippen LogP contribution in [0.1, 0.15) is 11.4 Å². The molecule has 2 N–H and O–H groups in total. The lowest BCUT2D eigenvalue weighted by Gasteiger charge is -2.10. The van der Waals surface area contributed by atoms with Crippen molar-refractivity contribution in [2.75, 3.05) is 5.75 Å². The number of carbonyl (C=O) groups is 1. The van der Waals surface area contributed by atoms with E-state index in [0.717, 1.165) is 27.5 Å². The summed E-state index contributed by atoms with van der Waals surface area (Å²) >= 11 is 4.51. The Bertz CT molecular complexity index is 645. The zero-order valence-electron chi connectivity index (χ0n) is 10.6. The van der Waals surface area contributed by atoms with Gasteiger partial charge in [0.2, 0.25) is 0 Å². The highest BCUT2D eigenvalue weighted by molar-refractivity contribution is 9.10. The number of hydrogen-bond acceptors (Lipinski definition) is 5. The molecule has 0 saturated carbocycles. The summed E-state index contributed by atoms with van der Waals surface area (Å²) in [6, 6.07) is 5.67. The Morgan fingerprint density at radius 2 is 2.20 bits per heavy atom. The molecule has 0 radical (unpaired) electrons. The Hall–Kier alpha value is -1.38. The summed E-state index contributed by atoms with van der Waals surface area (Å²) in [5, 5.41) is 26.3. The number of hydrogen-bond donors (Lipinski definition) is 2. The first kappa shape index (κ1) is 15.0. The van der Waals surface area contributed by atoms with Crippen molar-refractivity contribution in [2.45, 2.75) is 18.7 Å². The van der Waals surface area contributed by atoms with Gasteiger partial charge in [0.1, 0.15) is 6.61 Å². The fourth-order valence-corrected chi connectivity index (χ4v) is 2.66. The average molecular weight is 358 g/mol. The Labute approximate surface area is 128 Å². The normalized spacial score (nSPS) is 10.8. The van der Waals surface area contributed by atoms with Gasteiger partial charge in [0.05, 0.1) is 11.4 Å². The van der Waals surface area contributed by atoms with E-state index in [4.69, 9.17) is 5.11 Å². The van der Waals surface area contributed by atoms with E-state index in [1.165, 1.54) is 0 Å². The highest BCUT2D eigenvalue weighted by Gasteiger charge is 2.15. The first-order valence-corrected chi connectivity index (χ1v) is 7.47. The number of halogens is 1. The van der Waals surface area contributed by atoms with Gasteiger partial charge in [0, 0.05) is 4.47 Å². The summed E-state index contributed by atoms with van der Waals surface area (Å²) in [5.41, 5.74) is 1.84. The van der Waals surface area contributed by atoms with Crippen molar-refractivity contribution in [3.05, 3.63) is 34.1 Å². The fraction of sp³-hybridized carbons (Fsp3) is 0.250. The Morgan fingerprint density at radius 3 is 2.80 bits per heavy atom. The lowest BCUT2D eigenvalue weighted by molar-refractivity contribution is -0.133. The SMILES string of the molecule is Cc1ccc(-n2c(CO)nnc2SCC(=O)O)cc1Br. The molecule has 2 rings (SSSR count). The molecule has 0 aliphatic rings. The standard InChI is InChI=1S/C12H12BrN3O3S/c1-7-2-3-8(4-9(7)13)16-10(5-17)14-15-12(16)20-6-11(18)19/h2-4,17H,5-6H2,1H3,(H,18,19). The van der Waals surface area contributed by atoms with E-state index in [9.17, 15) is 9.90 Å². The second kappa shape index (κ2) is 6.38. The molecule has 0 saturated heterocycles. The van der Waals surface area contributed by atoms with E-state index in [1.54, 1.807) is 4.57 Å². The van der Waals surface area contributed by atoms with Gasteiger partial charge in [-0.3, -0.25) is 9.36 Å². The molecule has 0 aliphatic heterocycles. The molecule has 8 heteroatoms. The molecule has 1 aromatic heterocycles. The van der Waals surface area contributed by atoms with Crippen molar-refractivity contribution < 1.29 is 15.0 Å². The molecular formula is C12H12BrN3O3S. The monoisotopic (exact) mass is 357 g/mol. The second-order valence-corrected chi connectivity index (χ2v) is 5.81. The molecule has 0 aliphatic carbocycles. The minimum Gasteiger partial charge on any atom is -0.481 e. The lowest BCUT2D eigenvalue weighted by atomic mass is 10.2. The van der Waals surface area contributed by atoms with Crippen molar-refractivity contribution in [3.8, 4) is 5.69 Å². The van der Waals surface area contributed by atoms with Gasteiger partial charge in [0.25, 0.3) is 0 Å². The van der Waals surface area contributed by atoms with Gasteiger partial charge in [-0.1, -0.05) is 33.8 Å². The van der Waals surface area contributed by atoms with Gasteiger partial charge in [0.15, 0.2) is 11.0 Å². The Kier molecular flexibility index (Phi) is 4.79. The van der Waals surface area contributed by atoms with Crippen molar-refractivity contribution in [1.29, 1.82) is 0 Å². The van der Waals surface area contributed by atoms with Gasteiger partial charge >= 0.3 is 5.97 Å². The van der Waals surface area contributed by atoms with Crippen LogP contribution in [0.2, 0.25) is 0 Å². The topological polar surface area (TPSA) is 88.2 Å². The van der Waals surface area contributed by atoms with E-state index in [1.807, 2.05) is 25.1 Å². The van der Waals surface area contributed by atoms with E-state index in [-0.39, 0.29) is 12.4 Å². The first-order chi connectivity index (χ1) is 9.52. The van der Waals surface area contributed by atoms with Crippen molar-refractivity contribution >= 4 is 33.7 Å². The van der Waals surface area contributed by atoms with E-state index < -0.39 is 5.97 Å². The number of aromatic nitrogens is 3. The van der Waals surface area contributed by atoms with Gasteiger partial charge in [-0.15, -0.1) is 10.2 Å². The third kappa shape index (κ3) is 3.20. The maximum Gasteiger partial charge on any atom is 0.313 e. The van der Waals surface area contributed by atoms with Crippen LogP contribution in [-0.2, 0) is 11.4 Å². The van der Waals surface area contributed by atoms with E-state index in [2.05, 4.69) is 26.1 Å². The first-order valence-electron chi connectivity index (χ1n) is 5.69. The smallest absolute Gasteiger partial charge is 0.313 e. The van der Waals surface area contributed by atoms with E-state index in [0.29, 0.717) is 11.0 Å². The molecule has 0 bridgehead atoms. The van der Waals surface area contributed by atoms with Crippen LogP contribution in [0.15, 0.2) is 27.8 Å². The predicted octanol–water partition coefficient (Wildman–Crippen LogP) is 2.01. The molecule has 6 nitrogen and oxygen atoms in total. The van der Waals surface area contributed by atoms with E-state index >= 15 is 0 Å². The minimum atomic E-state index is -0.930.